The molecule has 16 heavy (non-hydrogen) atoms. The van der Waals surface area contributed by atoms with Gasteiger partial charge in [0.15, 0.2) is 10.5 Å². The Balaban J connectivity index is 2.61. The van der Waals surface area contributed by atoms with Gasteiger partial charge in [0.25, 0.3) is 0 Å². The lowest BCUT2D eigenvalue weighted by Crippen LogP contribution is -2.08. The summed E-state index contributed by atoms with van der Waals surface area (Å²) >= 11 is 5.12. The van der Waals surface area contributed by atoms with Gasteiger partial charge in [-0.25, -0.2) is 4.79 Å². The van der Waals surface area contributed by atoms with E-state index in [0.29, 0.717) is 10.5 Å². The third kappa shape index (κ3) is 1.77. The molecule has 1 aromatic carbocycles. The van der Waals surface area contributed by atoms with E-state index in [1.165, 1.54) is 7.11 Å². The van der Waals surface area contributed by atoms with Crippen molar-refractivity contribution in [1.82, 2.24) is 9.55 Å². The molecule has 0 atom stereocenters. The molecule has 0 fully saturated rings. The minimum absolute atomic E-state index is 0.388. The summed E-state index contributed by atoms with van der Waals surface area (Å²) in [5.74, 6) is -0.420. The first-order valence-electron chi connectivity index (χ1n) is 4.68. The molecule has 0 aliphatic rings. The summed E-state index contributed by atoms with van der Waals surface area (Å²) in [6, 6.07) is 9.40. The van der Waals surface area contributed by atoms with Crippen LogP contribution in [0.3, 0.4) is 0 Å². The van der Waals surface area contributed by atoms with Crippen LogP contribution in [0.4, 0.5) is 0 Å². The van der Waals surface area contributed by atoms with Gasteiger partial charge < -0.3 is 9.72 Å². The molecule has 0 amide bonds. The molecule has 0 unspecified atom stereocenters. The number of methoxy groups -OCH3 is 1. The highest BCUT2D eigenvalue weighted by atomic mass is 32.1. The van der Waals surface area contributed by atoms with Crippen molar-refractivity contribution in [1.29, 1.82) is 0 Å². The van der Waals surface area contributed by atoms with Crippen LogP contribution in [-0.2, 0) is 4.74 Å². The van der Waals surface area contributed by atoms with Crippen molar-refractivity contribution in [2.75, 3.05) is 7.11 Å². The van der Waals surface area contributed by atoms with Crippen molar-refractivity contribution < 1.29 is 9.53 Å². The Morgan fingerprint density at radius 1 is 1.38 bits per heavy atom. The maximum atomic E-state index is 11.5. The highest BCUT2D eigenvalue weighted by molar-refractivity contribution is 7.71. The first-order valence-corrected chi connectivity index (χ1v) is 5.09. The van der Waals surface area contributed by atoms with Crippen molar-refractivity contribution in [3.63, 3.8) is 0 Å². The standard InChI is InChI=1S/C11H10N2O2S/c1-15-10(14)9-7-12-11(16)13(9)8-5-3-2-4-6-8/h2-7H,1H3,(H,12,16). The van der Waals surface area contributed by atoms with E-state index in [2.05, 4.69) is 9.72 Å². The second kappa shape index (κ2) is 4.32. The van der Waals surface area contributed by atoms with Crippen LogP contribution in [0.25, 0.3) is 5.69 Å². The molecule has 5 heteroatoms. The number of para-hydroxylation sites is 1. The molecule has 2 rings (SSSR count). The molecule has 0 saturated heterocycles. The van der Waals surface area contributed by atoms with Gasteiger partial charge >= 0.3 is 5.97 Å². The van der Waals surface area contributed by atoms with Gasteiger partial charge in [-0.1, -0.05) is 18.2 Å². The zero-order valence-corrected chi connectivity index (χ0v) is 9.45. The number of rotatable bonds is 2. The molecule has 1 heterocycles. The minimum atomic E-state index is -0.420. The van der Waals surface area contributed by atoms with Gasteiger partial charge in [-0.2, -0.15) is 0 Å². The predicted octanol–water partition coefficient (Wildman–Crippen LogP) is 2.32. The lowest BCUT2D eigenvalue weighted by molar-refractivity contribution is 0.0591. The first-order chi connectivity index (χ1) is 7.74. The van der Waals surface area contributed by atoms with E-state index < -0.39 is 5.97 Å². The van der Waals surface area contributed by atoms with Crippen LogP contribution in [0.15, 0.2) is 36.5 Å². The number of aromatic amines is 1. The van der Waals surface area contributed by atoms with E-state index in [4.69, 9.17) is 12.2 Å². The number of carbonyl (C=O) groups excluding carboxylic acids is 1. The zero-order chi connectivity index (χ0) is 11.5. The molecular formula is C11H10N2O2S. The fourth-order valence-corrected chi connectivity index (χ4v) is 1.72. The van der Waals surface area contributed by atoms with Gasteiger partial charge in [0.1, 0.15) is 0 Å². The number of hydrogen-bond acceptors (Lipinski definition) is 3. The van der Waals surface area contributed by atoms with Gasteiger partial charge in [0.2, 0.25) is 0 Å². The molecule has 2 aromatic rings. The van der Waals surface area contributed by atoms with E-state index in [1.54, 1.807) is 10.8 Å². The summed E-state index contributed by atoms with van der Waals surface area (Å²) in [7, 11) is 1.34. The van der Waals surface area contributed by atoms with Gasteiger partial charge in [0, 0.05) is 11.9 Å². The number of aromatic nitrogens is 2. The maximum absolute atomic E-state index is 11.5. The van der Waals surface area contributed by atoms with E-state index in [1.807, 2.05) is 30.3 Å². The van der Waals surface area contributed by atoms with Crippen LogP contribution in [0.1, 0.15) is 10.5 Å². The Morgan fingerprint density at radius 3 is 2.69 bits per heavy atom. The maximum Gasteiger partial charge on any atom is 0.356 e. The van der Waals surface area contributed by atoms with Crippen LogP contribution in [0, 0.1) is 4.77 Å². The zero-order valence-electron chi connectivity index (χ0n) is 8.64. The molecule has 1 N–H and O–H groups in total. The van der Waals surface area contributed by atoms with E-state index in [9.17, 15) is 4.79 Å². The third-order valence-electron chi connectivity index (χ3n) is 2.19. The summed E-state index contributed by atoms with van der Waals surface area (Å²) in [4.78, 5) is 14.3. The van der Waals surface area contributed by atoms with Crippen LogP contribution in [0.2, 0.25) is 0 Å². The highest BCUT2D eigenvalue weighted by Gasteiger charge is 2.13. The van der Waals surface area contributed by atoms with Crippen LogP contribution in [0.5, 0.6) is 0 Å². The van der Waals surface area contributed by atoms with Gasteiger partial charge in [-0.3, -0.25) is 4.57 Å². The molecule has 4 nitrogen and oxygen atoms in total. The number of H-pyrrole nitrogens is 1. The second-order valence-corrected chi connectivity index (χ2v) is 3.53. The van der Waals surface area contributed by atoms with Crippen molar-refractivity contribution in [2.24, 2.45) is 0 Å². The Bertz CT molecular complexity index is 557. The summed E-state index contributed by atoms with van der Waals surface area (Å²) in [6.07, 6.45) is 1.54. The quantitative estimate of drug-likeness (QED) is 0.640. The van der Waals surface area contributed by atoms with E-state index in [-0.39, 0.29) is 0 Å². The molecule has 0 bridgehead atoms. The first kappa shape index (κ1) is 10.6. The molecule has 0 saturated carbocycles. The molecule has 0 aliphatic carbocycles. The number of ether oxygens (including phenoxy) is 1. The molecule has 82 valence electrons. The highest BCUT2D eigenvalue weighted by Crippen LogP contribution is 2.12. The lowest BCUT2D eigenvalue weighted by atomic mass is 10.3. The lowest BCUT2D eigenvalue weighted by Gasteiger charge is -2.05. The SMILES string of the molecule is COC(=O)c1c[nH]c(=S)n1-c1ccccc1. The topological polar surface area (TPSA) is 47.0 Å². The number of nitrogens with zero attached hydrogens (tertiary/aromatic N) is 1. The average Bonchev–Trinajstić information content (AvgIpc) is 2.71. The number of imidazole rings is 1. The largest absolute Gasteiger partial charge is 0.464 e. The molecule has 1 aromatic heterocycles. The smallest absolute Gasteiger partial charge is 0.356 e. The van der Waals surface area contributed by atoms with E-state index in [0.717, 1.165) is 5.69 Å². The van der Waals surface area contributed by atoms with Crippen molar-refractivity contribution in [3.8, 4) is 5.69 Å². The van der Waals surface area contributed by atoms with Crippen molar-refractivity contribution >= 4 is 18.2 Å². The molecular weight excluding hydrogens is 224 g/mol. The van der Waals surface area contributed by atoms with Crippen LogP contribution < -0.4 is 0 Å². The summed E-state index contributed by atoms with van der Waals surface area (Å²) < 4.78 is 6.79. The summed E-state index contributed by atoms with van der Waals surface area (Å²) in [5.41, 5.74) is 1.22. The summed E-state index contributed by atoms with van der Waals surface area (Å²) in [5, 5.41) is 0. The number of esters is 1. The monoisotopic (exact) mass is 234 g/mol. The van der Waals surface area contributed by atoms with Crippen LogP contribution in [-0.4, -0.2) is 22.6 Å². The van der Waals surface area contributed by atoms with Gasteiger partial charge in [-0.15, -0.1) is 0 Å². The number of hydrogen-bond donors (Lipinski definition) is 1. The molecule has 0 aliphatic heterocycles. The fraction of sp³-hybridized carbons (Fsp3) is 0.0909. The van der Waals surface area contributed by atoms with Crippen molar-refractivity contribution in [3.05, 3.63) is 47.0 Å². The predicted molar refractivity (Wildman–Crippen MR) is 62.3 cm³/mol. The minimum Gasteiger partial charge on any atom is -0.464 e. The van der Waals surface area contributed by atoms with Crippen LogP contribution >= 0.6 is 12.2 Å². The Labute approximate surface area is 97.5 Å². The number of carbonyl (C=O) groups is 1. The fourth-order valence-electron chi connectivity index (χ4n) is 1.46. The second-order valence-electron chi connectivity index (χ2n) is 3.14. The Morgan fingerprint density at radius 2 is 2.06 bits per heavy atom. The number of nitrogens with one attached hydrogen (secondary N) is 1. The number of benzene rings is 1. The third-order valence-corrected chi connectivity index (χ3v) is 2.49. The average molecular weight is 234 g/mol. The van der Waals surface area contributed by atoms with E-state index >= 15 is 0 Å². The van der Waals surface area contributed by atoms with Gasteiger partial charge in [0.05, 0.1) is 7.11 Å². The Hall–Kier alpha value is -1.88. The summed E-state index contributed by atoms with van der Waals surface area (Å²) in [6.45, 7) is 0. The van der Waals surface area contributed by atoms with Crippen molar-refractivity contribution in [2.45, 2.75) is 0 Å². The molecule has 0 radical (unpaired) electrons. The molecule has 0 spiro atoms. The van der Waals surface area contributed by atoms with Gasteiger partial charge in [-0.05, 0) is 24.4 Å². The Kier molecular flexibility index (Phi) is 2.87. The normalized spacial score (nSPS) is 10.1.